The van der Waals surface area contributed by atoms with Crippen LogP contribution in [-0.4, -0.2) is 53.2 Å². The van der Waals surface area contributed by atoms with Gasteiger partial charge in [0.25, 0.3) is 0 Å². The van der Waals surface area contributed by atoms with Crippen LogP contribution in [0.2, 0.25) is 0 Å². The predicted octanol–water partition coefficient (Wildman–Crippen LogP) is 1.09. The van der Waals surface area contributed by atoms with Crippen molar-refractivity contribution < 1.29 is 17.9 Å². The van der Waals surface area contributed by atoms with Gasteiger partial charge < -0.3 is 14.4 Å². The molecule has 2 heterocycles. The minimum absolute atomic E-state index is 0.275. The first-order valence-corrected chi connectivity index (χ1v) is 8.65. The summed E-state index contributed by atoms with van der Waals surface area (Å²) in [5.41, 5.74) is 0.493. The molecule has 20 heavy (non-hydrogen) atoms. The second-order valence-electron chi connectivity index (χ2n) is 5.50. The van der Waals surface area contributed by atoms with E-state index in [-0.39, 0.29) is 5.60 Å². The molecule has 6 heteroatoms. The topological polar surface area (TPSA) is 55.8 Å². The molecule has 1 atom stereocenters. The lowest BCUT2D eigenvalue weighted by atomic mass is 10.0. The lowest BCUT2D eigenvalue weighted by molar-refractivity contribution is -0.0580. The van der Waals surface area contributed by atoms with E-state index >= 15 is 0 Å². The number of anilines is 1. The third-order valence-electron chi connectivity index (χ3n) is 3.92. The first-order chi connectivity index (χ1) is 9.50. The number of para-hydroxylation sites is 1. The Morgan fingerprint density at radius 3 is 2.75 bits per heavy atom. The van der Waals surface area contributed by atoms with Gasteiger partial charge >= 0.3 is 0 Å². The fourth-order valence-electron chi connectivity index (χ4n) is 2.91. The number of ether oxygens (including phenoxy) is 2. The summed E-state index contributed by atoms with van der Waals surface area (Å²) in [7, 11) is -3.23. The molecule has 110 valence electrons. The summed E-state index contributed by atoms with van der Waals surface area (Å²) in [6.07, 6.45) is 2.12. The number of hydrogen-bond donors (Lipinski definition) is 0. The van der Waals surface area contributed by atoms with Crippen molar-refractivity contribution >= 4 is 15.5 Å². The number of hydrogen-bond acceptors (Lipinski definition) is 5. The largest absolute Gasteiger partial charge is 0.378 e. The molecular weight excluding hydrogens is 278 g/mol. The van der Waals surface area contributed by atoms with Gasteiger partial charge in [-0.2, -0.15) is 0 Å². The monoisotopic (exact) mass is 297 g/mol. The molecule has 0 amide bonds. The molecule has 5 nitrogen and oxygen atoms in total. The first-order valence-electron chi connectivity index (χ1n) is 6.76. The predicted molar refractivity (Wildman–Crippen MR) is 75.9 cm³/mol. The van der Waals surface area contributed by atoms with Crippen LogP contribution in [0.5, 0.6) is 0 Å². The average Bonchev–Trinajstić information content (AvgIpc) is 2.86. The van der Waals surface area contributed by atoms with Crippen molar-refractivity contribution in [1.29, 1.82) is 0 Å². The van der Waals surface area contributed by atoms with E-state index in [9.17, 15) is 8.42 Å². The van der Waals surface area contributed by atoms with Crippen LogP contribution < -0.4 is 4.90 Å². The zero-order valence-electron chi connectivity index (χ0n) is 11.5. The third-order valence-corrected chi connectivity index (χ3v) is 5.07. The van der Waals surface area contributed by atoms with Crippen molar-refractivity contribution in [1.82, 2.24) is 0 Å². The molecule has 0 aliphatic carbocycles. The van der Waals surface area contributed by atoms with Gasteiger partial charge in [0.15, 0.2) is 9.84 Å². The average molecular weight is 297 g/mol. The van der Waals surface area contributed by atoms with Gasteiger partial charge in [0, 0.05) is 32.4 Å². The maximum atomic E-state index is 11.9. The van der Waals surface area contributed by atoms with Crippen molar-refractivity contribution in [3.8, 4) is 0 Å². The molecule has 0 aromatic heterocycles. The molecule has 2 saturated heterocycles. The maximum absolute atomic E-state index is 11.9. The number of benzene rings is 1. The van der Waals surface area contributed by atoms with Crippen LogP contribution in [-0.2, 0) is 19.3 Å². The lowest BCUT2D eigenvalue weighted by Crippen LogP contribution is -2.52. The third kappa shape index (κ3) is 2.55. The summed E-state index contributed by atoms with van der Waals surface area (Å²) in [6, 6.07) is 7.16. The van der Waals surface area contributed by atoms with E-state index in [2.05, 4.69) is 4.90 Å². The number of rotatable bonds is 2. The van der Waals surface area contributed by atoms with Gasteiger partial charge in [-0.1, -0.05) is 12.1 Å². The fraction of sp³-hybridized carbons (Fsp3) is 0.571. The zero-order chi connectivity index (χ0) is 14.2. The maximum Gasteiger partial charge on any atom is 0.177 e. The van der Waals surface area contributed by atoms with E-state index in [1.807, 2.05) is 12.1 Å². The molecule has 0 radical (unpaired) electrons. The highest BCUT2D eigenvalue weighted by Gasteiger charge is 2.41. The molecule has 3 rings (SSSR count). The van der Waals surface area contributed by atoms with E-state index in [1.54, 1.807) is 12.1 Å². The van der Waals surface area contributed by atoms with Crippen molar-refractivity contribution in [3.05, 3.63) is 24.3 Å². The Morgan fingerprint density at radius 2 is 2.05 bits per heavy atom. The summed E-state index contributed by atoms with van der Waals surface area (Å²) in [5.74, 6) is 0. The van der Waals surface area contributed by atoms with Gasteiger partial charge in [-0.15, -0.1) is 0 Å². The molecular formula is C14H19NO4S. The summed E-state index contributed by atoms with van der Waals surface area (Å²) < 4.78 is 35.2. The molecule has 0 N–H and O–H groups in total. The smallest absolute Gasteiger partial charge is 0.177 e. The molecule has 2 aliphatic heterocycles. The van der Waals surface area contributed by atoms with Crippen molar-refractivity contribution in [3.63, 3.8) is 0 Å². The molecule has 0 bridgehead atoms. The van der Waals surface area contributed by atoms with Gasteiger partial charge in [0.2, 0.25) is 0 Å². The van der Waals surface area contributed by atoms with Crippen LogP contribution in [0.3, 0.4) is 0 Å². The van der Waals surface area contributed by atoms with Crippen molar-refractivity contribution in [2.24, 2.45) is 0 Å². The minimum Gasteiger partial charge on any atom is -0.378 e. The molecule has 1 unspecified atom stereocenters. The Balaban J connectivity index is 1.93. The van der Waals surface area contributed by atoms with Crippen LogP contribution in [0.1, 0.15) is 6.42 Å². The molecule has 1 aromatic rings. The van der Waals surface area contributed by atoms with Crippen molar-refractivity contribution in [2.45, 2.75) is 16.9 Å². The first kappa shape index (κ1) is 13.9. The van der Waals surface area contributed by atoms with E-state index in [1.165, 1.54) is 6.26 Å². The van der Waals surface area contributed by atoms with E-state index in [4.69, 9.17) is 9.47 Å². The SMILES string of the molecule is CS(=O)(=O)c1ccccc1N1CCOC2(CCOC2)C1. The zero-order valence-corrected chi connectivity index (χ0v) is 12.4. The summed E-state index contributed by atoms with van der Waals surface area (Å²) in [6.45, 7) is 3.28. The van der Waals surface area contributed by atoms with Gasteiger partial charge in [0.1, 0.15) is 5.60 Å². The minimum atomic E-state index is -3.23. The van der Waals surface area contributed by atoms with Crippen LogP contribution >= 0.6 is 0 Å². The van der Waals surface area contributed by atoms with Gasteiger partial charge in [-0.3, -0.25) is 0 Å². The number of morpholine rings is 1. The molecule has 2 aliphatic rings. The van der Waals surface area contributed by atoms with E-state index in [0.717, 1.165) is 12.1 Å². The summed E-state index contributed by atoms with van der Waals surface area (Å²) in [5, 5.41) is 0. The molecule has 1 aromatic carbocycles. The standard InChI is InChI=1S/C14H19NO4S/c1-20(16,17)13-5-3-2-4-12(13)15-7-9-19-14(10-15)6-8-18-11-14/h2-5H,6-11H2,1H3. The Morgan fingerprint density at radius 1 is 1.25 bits per heavy atom. The molecule has 0 saturated carbocycles. The highest BCUT2D eigenvalue weighted by molar-refractivity contribution is 7.90. The quantitative estimate of drug-likeness (QED) is 0.818. The van der Waals surface area contributed by atoms with Crippen LogP contribution in [0.4, 0.5) is 5.69 Å². The van der Waals surface area contributed by atoms with E-state index in [0.29, 0.717) is 37.8 Å². The second-order valence-corrected chi connectivity index (χ2v) is 7.48. The number of nitrogens with zero attached hydrogens (tertiary/aromatic N) is 1. The second kappa shape index (κ2) is 5.02. The normalized spacial score (nSPS) is 27.1. The Hall–Kier alpha value is -1.11. The Bertz CT molecular complexity index is 593. The Kier molecular flexibility index (Phi) is 3.48. The molecule has 1 spiro atoms. The van der Waals surface area contributed by atoms with Crippen LogP contribution in [0, 0.1) is 0 Å². The van der Waals surface area contributed by atoms with Gasteiger partial charge in [-0.25, -0.2) is 8.42 Å². The highest BCUT2D eigenvalue weighted by Crippen LogP contribution is 2.32. The van der Waals surface area contributed by atoms with E-state index < -0.39 is 9.84 Å². The van der Waals surface area contributed by atoms with Gasteiger partial charge in [-0.05, 0) is 12.1 Å². The summed E-state index contributed by atoms with van der Waals surface area (Å²) >= 11 is 0. The van der Waals surface area contributed by atoms with Gasteiger partial charge in [0.05, 0.1) is 23.8 Å². The fourth-order valence-corrected chi connectivity index (χ4v) is 3.81. The molecule has 2 fully saturated rings. The Labute approximate surface area is 119 Å². The lowest BCUT2D eigenvalue weighted by Gasteiger charge is -2.41. The van der Waals surface area contributed by atoms with Crippen molar-refractivity contribution in [2.75, 3.05) is 44.1 Å². The van der Waals surface area contributed by atoms with Crippen LogP contribution in [0.15, 0.2) is 29.2 Å². The summed E-state index contributed by atoms with van der Waals surface area (Å²) in [4.78, 5) is 2.49. The van der Waals surface area contributed by atoms with Crippen LogP contribution in [0.25, 0.3) is 0 Å². The number of sulfone groups is 1. The highest BCUT2D eigenvalue weighted by atomic mass is 32.2.